The van der Waals surface area contributed by atoms with Crippen LogP contribution in [0.3, 0.4) is 0 Å². The van der Waals surface area contributed by atoms with E-state index >= 15 is 0 Å². The lowest BCUT2D eigenvalue weighted by molar-refractivity contribution is -0.140. The predicted octanol–water partition coefficient (Wildman–Crippen LogP) is 2.88. The lowest BCUT2D eigenvalue weighted by atomic mass is 9.93. The minimum Gasteiger partial charge on any atom is -0.480 e. The smallest absolute Gasteiger partial charge is 0.325 e. The van der Waals surface area contributed by atoms with Crippen molar-refractivity contribution in [3.05, 3.63) is 35.4 Å². The minimum absolute atomic E-state index is 0.316. The molecule has 0 amide bonds. The third-order valence-corrected chi connectivity index (χ3v) is 3.85. The topological polar surface area (TPSA) is 58.6 Å². The fourth-order valence-electron chi connectivity index (χ4n) is 2.84. The van der Waals surface area contributed by atoms with E-state index in [9.17, 15) is 9.90 Å². The lowest BCUT2D eigenvalue weighted by Gasteiger charge is -2.27. The zero-order chi connectivity index (χ0) is 14.4. The van der Waals surface area contributed by atoms with E-state index in [2.05, 4.69) is 5.32 Å². The van der Waals surface area contributed by atoms with Crippen LogP contribution in [0.5, 0.6) is 0 Å². The number of rotatable bonds is 6. The predicted molar refractivity (Wildman–Crippen MR) is 77.5 cm³/mol. The Hall–Kier alpha value is -1.39. The summed E-state index contributed by atoms with van der Waals surface area (Å²) in [5.74, 6) is -0.815. The average Bonchev–Trinajstić information content (AvgIpc) is 2.46. The van der Waals surface area contributed by atoms with Crippen LogP contribution >= 0.6 is 0 Å². The van der Waals surface area contributed by atoms with Crippen LogP contribution in [0.2, 0.25) is 0 Å². The Labute approximate surface area is 120 Å². The molecule has 2 rings (SSSR count). The summed E-state index contributed by atoms with van der Waals surface area (Å²) in [6.45, 7) is 0.504. The van der Waals surface area contributed by atoms with Gasteiger partial charge in [0.2, 0.25) is 0 Å². The van der Waals surface area contributed by atoms with Crippen molar-refractivity contribution in [3.63, 3.8) is 0 Å². The van der Waals surface area contributed by atoms with Crippen LogP contribution in [0.15, 0.2) is 24.3 Å². The molecule has 0 aliphatic heterocycles. The Kier molecular flexibility index (Phi) is 5.56. The number of methoxy groups -OCH3 is 1. The maximum Gasteiger partial charge on any atom is 0.325 e. The molecule has 1 aliphatic rings. The van der Waals surface area contributed by atoms with Gasteiger partial charge in [-0.25, -0.2) is 0 Å². The minimum atomic E-state index is -0.815. The molecule has 1 atom stereocenters. The lowest BCUT2D eigenvalue weighted by Crippen LogP contribution is -2.38. The number of hydrogen-bond donors (Lipinski definition) is 2. The summed E-state index contributed by atoms with van der Waals surface area (Å²) in [7, 11) is 1.64. The highest BCUT2D eigenvalue weighted by molar-refractivity contribution is 5.75. The highest BCUT2D eigenvalue weighted by Gasteiger charge is 2.24. The Morgan fingerprint density at radius 2 is 2.15 bits per heavy atom. The molecule has 1 aromatic carbocycles. The third kappa shape index (κ3) is 4.05. The van der Waals surface area contributed by atoms with Gasteiger partial charge in [0.15, 0.2) is 0 Å². The van der Waals surface area contributed by atoms with E-state index in [1.165, 1.54) is 19.3 Å². The van der Waals surface area contributed by atoms with E-state index in [0.29, 0.717) is 12.6 Å². The zero-order valence-corrected chi connectivity index (χ0v) is 12.0. The monoisotopic (exact) mass is 277 g/mol. The summed E-state index contributed by atoms with van der Waals surface area (Å²) in [6.07, 6.45) is 5.78. The first-order valence-corrected chi connectivity index (χ1v) is 7.27. The van der Waals surface area contributed by atoms with E-state index in [4.69, 9.17) is 4.74 Å². The van der Waals surface area contributed by atoms with Crippen LogP contribution in [-0.4, -0.2) is 24.2 Å². The Morgan fingerprint density at radius 1 is 1.40 bits per heavy atom. The Bertz CT molecular complexity index is 441. The van der Waals surface area contributed by atoms with Crippen molar-refractivity contribution in [2.45, 2.75) is 50.8 Å². The Balaban J connectivity index is 2.10. The Morgan fingerprint density at radius 3 is 2.80 bits per heavy atom. The molecule has 0 radical (unpaired) electrons. The molecule has 2 N–H and O–H groups in total. The second kappa shape index (κ2) is 7.41. The molecular weight excluding hydrogens is 254 g/mol. The van der Waals surface area contributed by atoms with Crippen LogP contribution in [0.1, 0.15) is 49.3 Å². The van der Waals surface area contributed by atoms with Gasteiger partial charge in [-0.1, -0.05) is 43.5 Å². The van der Waals surface area contributed by atoms with Gasteiger partial charge in [-0.3, -0.25) is 10.1 Å². The first-order chi connectivity index (χ1) is 9.70. The molecule has 110 valence electrons. The van der Waals surface area contributed by atoms with Gasteiger partial charge >= 0.3 is 5.97 Å². The molecule has 20 heavy (non-hydrogen) atoms. The summed E-state index contributed by atoms with van der Waals surface area (Å²) in [5, 5.41) is 12.8. The summed E-state index contributed by atoms with van der Waals surface area (Å²) < 4.78 is 5.11. The van der Waals surface area contributed by atoms with Crippen LogP contribution in [0, 0.1) is 0 Å². The largest absolute Gasteiger partial charge is 0.480 e. The van der Waals surface area contributed by atoms with Crippen molar-refractivity contribution in [2.75, 3.05) is 7.11 Å². The quantitative estimate of drug-likeness (QED) is 0.839. The molecule has 4 nitrogen and oxygen atoms in total. The molecule has 0 aromatic heterocycles. The summed E-state index contributed by atoms with van der Waals surface area (Å²) in [6, 6.07) is 7.31. The van der Waals surface area contributed by atoms with E-state index in [-0.39, 0.29) is 0 Å². The molecule has 4 heteroatoms. The number of ether oxygens (including phenoxy) is 1. The fraction of sp³-hybridized carbons (Fsp3) is 0.562. The fourth-order valence-corrected chi connectivity index (χ4v) is 2.84. The van der Waals surface area contributed by atoms with Crippen molar-refractivity contribution in [3.8, 4) is 0 Å². The highest BCUT2D eigenvalue weighted by atomic mass is 16.5. The van der Waals surface area contributed by atoms with Gasteiger partial charge in [0, 0.05) is 13.2 Å². The van der Waals surface area contributed by atoms with Crippen molar-refractivity contribution in [1.29, 1.82) is 0 Å². The molecule has 1 unspecified atom stereocenters. The number of aliphatic carboxylic acids is 1. The van der Waals surface area contributed by atoms with E-state index < -0.39 is 12.0 Å². The number of carboxylic acid groups (broad SMARTS) is 1. The number of carbonyl (C=O) groups is 1. The molecule has 1 fully saturated rings. The van der Waals surface area contributed by atoms with Gasteiger partial charge in [0.05, 0.1) is 6.61 Å². The molecule has 0 saturated heterocycles. The van der Waals surface area contributed by atoms with E-state index in [1.54, 1.807) is 7.11 Å². The summed E-state index contributed by atoms with van der Waals surface area (Å²) in [5.41, 5.74) is 1.80. The molecular formula is C16H23NO3. The first kappa shape index (κ1) is 15.0. The third-order valence-electron chi connectivity index (χ3n) is 3.85. The van der Waals surface area contributed by atoms with Crippen molar-refractivity contribution in [1.82, 2.24) is 5.32 Å². The molecule has 0 spiro atoms. The number of hydrogen-bond acceptors (Lipinski definition) is 3. The zero-order valence-electron chi connectivity index (χ0n) is 12.0. The molecule has 1 aliphatic carbocycles. The SMILES string of the molecule is COCc1cccc(C(NC2CCCCC2)C(=O)O)c1. The summed E-state index contributed by atoms with van der Waals surface area (Å²) >= 11 is 0. The maximum absolute atomic E-state index is 11.5. The average molecular weight is 277 g/mol. The van der Waals surface area contributed by atoms with Gasteiger partial charge in [-0.05, 0) is 24.0 Å². The number of carboxylic acids is 1. The van der Waals surface area contributed by atoms with Gasteiger partial charge in [-0.15, -0.1) is 0 Å². The van der Waals surface area contributed by atoms with Crippen LogP contribution in [0.4, 0.5) is 0 Å². The maximum atomic E-state index is 11.5. The summed E-state index contributed by atoms with van der Waals surface area (Å²) in [4.78, 5) is 11.5. The van der Waals surface area contributed by atoms with Gasteiger partial charge in [0.1, 0.15) is 6.04 Å². The van der Waals surface area contributed by atoms with Gasteiger partial charge in [-0.2, -0.15) is 0 Å². The van der Waals surface area contributed by atoms with Crippen molar-refractivity contribution in [2.24, 2.45) is 0 Å². The number of benzene rings is 1. The molecule has 0 heterocycles. The first-order valence-electron chi connectivity index (χ1n) is 7.27. The van der Waals surface area contributed by atoms with Crippen LogP contribution in [0.25, 0.3) is 0 Å². The van der Waals surface area contributed by atoms with Crippen LogP contribution < -0.4 is 5.32 Å². The van der Waals surface area contributed by atoms with Crippen molar-refractivity contribution < 1.29 is 14.6 Å². The number of nitrogens with one attached hydrogen (secondary N) is 1. The standard InChI is InChI=1S/C16H23NO3/c1-20-11-12-6-5-7-13(10-12)15(16(18)19)17-14-8-3-2-4-9-14/h5-7,10,14-15,17H,2-4,8-9,11H2,1H3,(H,18,19). The second-order valence-corrected chi connectivity index (χ2v) is 5.45. The van der Waals surface area contributed by atoms with E-state index in [0.717, 1.165) is 24.0 Å². The molecule has 0 bridgehead atoms. The van der Waals surface area contributed by atoms with Crippen molar-refractivity contribution >= 4 is 5.97 Å². The van der Waals surface area contributed by atoms with Gasteiger partial charge < -0.3 is 9.84 Å². The molecule has 1 saturated carbocycles. The van der Waals surface area contributed by atoms with E-state index in [1.807, 2.05) is 24.3 Å². The highest BCUT2D eigenvalue weighted by Crippen LogP contribution is 2.22. The van der Waals surface area contributed by atoms with Gasteiger partial charge in [0.25, 0.3) is 0 Å². The molecule has 1 aromatic rings. The van der Waals surface area contributed by atoms with Crippen LogP contribution in [-0.2, 0) is 16.1 Å². The second-order valence-electron chi connectivity index (χ2n) is 5.45. The normalized spacial score (nSPS) is 17.9.